The van der Waals surface area contributed by atoms with Crippen molar-refractivity contribution in [3.05, 3.63) is 59.1 Å². The van der Waals surface area contributed by atoms with Gasteiger partial charge < -0.3 is 5.32 Å². The molecule has 2 aromatic heterocycles. The number of nitrogens with zero attached hydrogens (tertiary/aromatic N) is 3. The first-order chi connectivity index (χ1) is 10.6. The van der Waals surface area contributed by atoms with E-state index in [1.807, 2.05) is 19.1 Å². The molecule has 0 unspecified atom stereocenters. The molecule has 0 aliphatic rings. The van der Waals surface area contributed by atoms with E-state index < -0.39 is 0 Å². The fourth-order valence-corrected chi connectivity index (χ4v) is 2.17. The van der Waals surface area contributed by atoms with Crippen LogP contribution in [-0.4, -0.2) is 26.1 Å². The van der Waals surface area contributed by atoms with Crippen LogP contribution in [0.5, 0.6) is 0 Å². The van der Waals surface area contributed by atoms with Crippen molar-refractivity contribution < 1.29 is 4.79 Å². The van der Waals surface area contributed by atoms with Gasteiger partial charge in [0.15, 0.2) is 5.82 Å². The summed E-state index contributed by atoms with van der Waals surface area (Å²) in [4.78, 5) is 20.3. The molecule has 0 saturated carbocycles. The van der Waals surface area contributed by atoms with Gasteiger partial charge in [0.25, 0.3) is 5.91 Å². The van der Waals surface area contributed by atoms with Gasteiger partial charge >= 0.3 is 0 Å². The summed E-state index contributed by atoms with van der Waals surface area (Å²) < 4.78 is 0. The van der Waals surface area contributed by atoms with E-state index in [1.165, 1.54) is 12.4 Å². The van der Waals surface area contributed by atoms with Crippen molar-refractivity contribution >= 4 is 23.2 Å². The number of rotatable bonds is 3. The Kier molecular flexibility index (Phi) is 3.84. The van der Waals surface area contributed by atoms with Gasteiger partial charge in [0.1, 0.15) is 5.82 Å². The third-order valence-corrected chi connectivity index (χ3v) is 3.29. The van der Waals surface area contributed by atoms with E-state index in [-0.39, 0.29) is 5.91 Å². The number of aryl methyl sites for hydroxylation is 1. The Labute approximate surface area is 131 Å². The van der Waals surface area contributed by atoms with E-state index in [1.54, 1.807) is 18.2 Å². The van der Waals surface area contributed by atoms with E-state index in [0.29, 0.717) is 22.1 Å². The molecule has 0 spiro atoms. The number of nitrogens with one attached hydrogen (secondary N) is 2. The minimum Gasteiger partial charge on any atom is -0.322 e. The van der Waals surface area contributed by atoms with Crippen molar-refractivity contribution in [2.75, 3.05) is 5.32 Å². The first kappa shape index (κ1) is 14.2. The van der Waals surface area contributed by atoms with Crippen LogP contribution in [-0.2, 0) is 0 Å². The topological polar surface area (TPSA) is 83.6 Å². The number of amides is 1. The number of aromatic nitrogens is 4. The molecule has 22 heavy (non-hydrogen) atoms. The Balaban J connectivity index is 1.84. The van der Waals surface area contributed by atoms with E-state index in [2.05, 4.69) is 25.5 Å². The molecule has 0 radical (unpaired) electrons. The Morgan fingerprint density at radius 1 is 1.32 bits per heavy atom. The van der Waals surface area contributed by atoms with Crippen LogP contribution in [0.2, 0.25) is 5.02 Å². The smallest absolute Gasteiger partial charge is 0.257 e. The number of carbonyl (C=O) groups is 1. The third-order valence-electron chi connectivity index (χ3n) is 2.99. The fraction of sp³-hybridized carbons (Fsp3) is 0.0667. The number of benzene rings is 1. The van der Waals surface area contributed by atoms with Crippen molar-refractivity contribution in [2.45, 2.75) is 6.92 Å². The van der Waals surface area contributed by atoms with Crippen molar-refractivity contribution in [1.82, 2.24) is 20.2 Å². The summed E-state index contributed by atoms with van der Waals surface area (Å²) in [6, 6.07) is 8.86. The summed E-state index contributed by atoms with van der Waals surface area (Å²) in [5.41, 5.74) is 1.82. The van der Waals surface area contributed by atoms with Gasteiger partial charge in [-0.05, 0) is 25.1 Å². The highest BCUT2D eigenvalue weighted by Gasteiger charge is 2.11. The molecule has 0 aliphatic carbocycles. The number of anilines is 1. The van der Waals surface area contributed by atoms with Crippen molar-refractivity contribution in [3.8, 4) is 11.4 Å². The number of halogens is 1. The van der Waals surface area contributed by atoms with Gasteiger partial charge in [-0.15, -0.1) is 0 Å². The molecule has 7 heteroatoms. The van der Waals surface area contributed by atoms with Crippen LogP contribution < -0.4 is 5.32 Å². The van der Waals surface area contributed by atoms with Crippen LogP contribution >= 0.6 is 11.6 Å². The lowest BCUT2D eigenvalue weighted by atomic mass is 10.2. The predicted molar refractivity (Wildman–Crippen MR) is 83.8 cm³/mol. The van der Waals surface area contributed by atoms with Crippen molar-refractivity contribution in [2.24, 2.45) is 0 Å². The largest absolute Gasteiger partial charge is 0.322 e. The SMILES string of the molecule is Cc1nc(-c2cccc(NC(=O)c3ccncc3Cl)c2)n[nH]1. The van der Waals surface area contributed by atoms with Gasteiger partial charge in [0, 0.05) is 23.6 Å². The number of carbonyl (C=O) groups excluding carboxylic acids is 1. The highest BCUT2D eigenvalue weighted by atomic mass is 35.5. The molecule has 0 saturated heterocycles. The molecule has 2 heterocycles. The van der Waals surface area contributed by atoms with E-state index in [0.717, 1.165) is 11.4 Å². The number of H-pyrrole nitrogens is 1. The number of hydrogen-bond acceptors (Lipinski definition) is 4. The maximum Gasteiger partial charge on any atom is 0.257 e. The Morgan fingerprint density at radius 2 is 2.18 bits per heavy atom. The van der Waals surface area contributed by atoms with Gasteiger partial charge in [0.05, 0.1) is 10.6 Å². The number of aromatic amines is 1. The molecule has 1 amide bonds. The maximum absolute atomic E-state index is 12.2. The Hall–Kier alpha value is -2.73. The van der Waals surface area contributed by atoms with Crippen LogP contribution in [0, 0.1) is 6.92 Å². The molecule has 3 rings (SSSR count). The molecule has 110 valence electrons. The first-order valence-electron chi connectivity index (χ1n) is 6.54. The lowest BCUT2D eigenvalue weighted by Crippen LogP contribution is -2.12. The van der Waals surface area contributed by atoms with Gasteiger partial charge in [-0.1, -0.05) is 23.7 Å². The molecule has 0 fully saturated rings. The van der Waals surface area contributed by atoms with E-state index >= 15 is 0 Å². The normalized spacial score (nSPS) is 10.5. The quantitative estimate of drug-likeness (QED) is 0.778. The molecule has 1 aromatic carbocycles. The second kappa shape index (κ2) is 5.95. The van der Waals surface area contributed by atoms with Crippen LogP contribution in [0.1, 0.15) is 16.2 Å². The van der Waals surface area contributed by atoms with E-state index in [9.17, 15) is 4.79 Å². The monoisotopic (exact) mass is 313 g/mol. The minimum absolute atomic E-state index is 0.296. The summed E-state index contributed by atoms with van der Waals surface area (Å²) in [6.07, 6.45) is 2.96. The van der Waals surface area contributed by atoms with Crippen LogP contribution in [0.25, 0.3) is 11.4 Å². The summed E-state index contributed by atoms with van der Waals surface area (Å²) in [5, 5.41) is 9.99. The average Bonchev–Trinajstić information content (AvgIpc) is 2.94. The second-order valence-corrected chi connectivity index (χ2v) is 5.04. The van der Waals surface area contributed by atoms with E-state index in [4.69, 9.17) is 11.6 Å². The Bertz CT molecular complexity index is 830. The summed E-state index contributed by atoms with van der Waals surface area (Å²) >= 11 is 5.97. The molecule has 2 N–H and O–H groups in total. The molecule has 3 aromatic rings. The van der Waals surface area contributed by atoms with Gasteiger partial charge in [-0.3, -0.25) is 14.9 Å². The molecular weight excluding hydrogens is 302 g/mol. The lowest BCUT2D eigenvalue weighted by Gasteiger charge is -2.07. The van der Waals surface area contributed by atoms with Crippen molar-refractivity contribution in [3.63, 3.8) is 0 Å². The van der Waals surface area contributed by atoms with Crippen LogP contribution in [0.4, 0.5) is 5.69 Å². The lowest BCUT2D eigenvalue weighted by molar-refractivity contribution is 0.102. The first-order valence-corrected chi connectivity index (χ1v) is 6.91. The maximum atomic E-state index is 12.2. The summed E-state index contributed by atoms with van der Waals surface area (Å²) in [5.74, 6) is 1.01. The number of hydrogen-bond donors (Lipinski definition) is 2. The average molecular weight is 314 g/mol. The zero-order valence-corrected chi connectivity index (χ0v) is 12.4. The van der Waals surface area contributed by atoms with Crippen molar-refractivity contribution in [1.29, 1.82) is 0 Å². The van der Waals surface area contributed by atoms with Gasteiger partial charge in [-0.25, -0.2) is 4.98 Å². The Morgan fingerprint density at radius 3 is 2.91 bits per heavy atom. The van der Waals surface area contributed by atoms with Crippen LogP contribution in [0.15, 0.2) is 42.7 Å². The molecule has 0 aliphatic heterocycles. The third kappa shape index (κ3) is 2.96. The van der Waals surface area contributed by atoms with Gasteiger partial charge in [0.2, 0.25) is 0 Å². The highest BCUT2D eigenvalue weighted by molar-refractivity contribution is 6.34. The second-order valence-electron chi connectivity index (χ2n) is 4.63. The molecule has 0 atom stereocenters. The molecule has 0 bridgehead atoms. The zero-order valence-electron chi connectivity index (χ0n) is 11.7. The van der Waals surface area contributed by atoms with Crippen LogP contribution in [0.3, 0.4) is 0 Å². The predicted octanol–water partition coefficient (Wildman–Crippen LogP) is 3.08. The van der Waals surface area contributed by atoms with Gasteiger partial charge in [-0.2, -0.15) is 5.10 Å². The highest BCUT2D eigenvalue weighted by Crippen LogP contribution is 2.21. The zero-order chi connectivity index (χ0) is 15.5. The minimum atomic E-state index is -0.296. The summed E-state index contributed by atoms with van der Waals surface area (Å²) in [7, 11) is 0. The standard InChI is InChI=1S/C15H12ClN5O/c1-9-18-14(21-20-9)10-3-2-4-11(7-10)19-15(22)12-5-6-17-8-13(12)16/h2-8H,1H3,(H,19,22)(H,18,20,21). The molecular formula is C15H12ClN5O. The number of pyridine rings is 1. The fourth-order valence-electron chi connectivity index (χ4n) is 1.97. The summed E-state index contributed by atoms with van der Waals surface area (Å²) in [6.45, 7) is 1.83. The molecule has 6 nitrogen and oxygen atoms in total.